The molecule has 14 heteroatoms. The molecule has 0 unspecified atom stereocenters. The van der Waals surface area contributed by atoms with Crippen LogP contribution in [-0.4, -0.2) is 32.8 Å². The van der Waals surface area contributed by atoms with Gasteiger partial charge in [0.1, 0.15) is 5.92 Å². The Kier molecular flexibility index (Phi) is 5.77. The summed E-state index contributed by atoms with van der Waals surface area (Å²) in [5.74, 6) is -2.87. The first-order chi connectivity index (χ1) is 13.6. The number of benzene rings is 2. The molecule has 2 rings (SSSR count). The zero-order valence-corrected chi connectivity index (χ0v) is 14.4. The van der Waals surface area contributed by atoms with Gasteiger partial charge in [-0.25, -0.2) is 0 Å². The molecule has 0 atom stereocenters. The summed E-state index contributed by atoms with van der Waals surface area (Å²) >= 11 is 0. The fourth-order valence-corrected chi connectivity index (χ4v) is 2.64. The lowest BCUT2D eigenvalue weighted by atomic mass is 9.88. The number of rotatable bonds is 7. The number of nitro benzene ring substituents is 4. The molecule has 29 heavy (non-hydrogen) atoms. The van der Waals surface area contributed by atoms with Crippen LogP contribution in [0.2, 0.25) is 0 Å². The number of non-ortho nitro benzene ring substituents is 2. The number of nitrogens with zero attached hydrogens (tertiary/aromatic N) is 4. The minimum atomic E-state index is -1.73. The van der Waals surface area contributed by atoms with E-state index in [-0.39, 0.29) is 0 Å². The number of carbonyl (C=O) groups excluding carboxylic acids is 1. The quantitative estimate of drug-likeness (QED) is 0.374. The molecule has 0 aliphatic heterocycles. The predicted molar refractivity (Wildman–Crippen MR) is 93.4 cm³/mol. The molecule has 150 valence electrons. The van der Waals surface area contributed by atoms with Gasteiger partial charge in [0, 0.05) is 23.3 Å². The average molecular weight is 406 g/mol. The van der Waals surface area contributed by atoms with Crippen LogP contribution in [0.3, 0.4) is 0 Å². The Bertz CT molecular complexity index is 976. The molecule has 0 fully saturated rings. The summed E-state index contributed by atoms with van der Waals surface area (Å²) in [6.45, 7) is 0. The maximum atomic E-state index is 12.4. The SMILES string of the molecule is COC(=O)C(c1ccc([N+](=O)[O-])cc1[N+](=O)[O-])c1ccc([N+](=O)[O-])cc1[N+](=O)[O-]. The Morgan fingerprint density at radius 3 is 1.41 bits per heavy atom. The molecule has 0 aromatic heterocycles. The molecule has 14 nitrogen and oxygen atoms in total. The largest absolute Gasteiger partial charge is 0.468 e. The van der Waals surface area contributed by atoms with E-state index in [0.29, 0.717) is 12.1 Å². The van der Waals surface area contributed by atoms with Crippen LogP contribution in [0.25, 0.3) is 0 Å². The predicted octanol–water partition coefficient (Wildman–Crippen LogP) is 2.62. The van der Waals surface area contributed by atoms with E-state index in [9.17, 15) is 45.3 Å². The molecule has 0 heterocycles. The van der Waals surface area contributed by atoms with Gasteiger partial charge in [0.15, 0.2) is 0 Å². The molecular formula is C15H10N4O10. The Labute approximate surface area is 159 Å². The van der Waals surface area contributed by atoms with E-state index in [4.69, 9.17) is 0 Å². The van der Waals surface area contributed by atoms with Crippen LogP contribution in [0.1, 0.15) is 17.0 Å². The summed E-state index contributed by atoms with van der Waals surface area (Å²) in [5, 5.41) is 44.6. The van der Waals surface area contributed by atoms with Crippen LogP contribution >= 0.6 is 0 Å². The van der Waals surface area contributed by atoms with Crippen molar-refractivity contribution in [2.45, 2.75) is 5.92 Å². The molecule has 0 saturated carbocycles. The number of methoxy groups -OCH3 is 1. The summed E-state index contributed by atoms with van der Waals surface area (Å²) in [5.41, 5.74) is -3.79. The normalized spacial score (nSPS) is 10.4. The first-order valence-electron chi connectivity index (χ1n) is 7.51. The van der Waals surface area contributed by atoms with Crippen molar-refractivity contribution in [3.05, 3.63) is 88.0 Å². The van der Waals surface area contributed by atoms with Crippen molar-refractivity contribution in [1.29, 1.82) is 0 Å². The molecule has 0 N–H and O–H groups in total. The van der Waals surface area contributed by atoms with Gasteiger partial charge in [-0.2, -0.15) is 0 Å². The standard InChI is InChI=1S/C15H10N4O10/c1-29-15(20)14(10-4-2-8(16(21)22)6-12(10)18(25)26)11-5-3-9(17(23)24)7-13(11)19(27)28/h2-7,14H,1H3. The third-order valence-corrected chi connectivity index (χ3v) is 3.90. The van der Waals surface area contributed by atoms with Crippen molar-refractivity contribution in [1.82, 2.24) is 0 Å². The van der Waals surface area contributed by atoms with E-state index in [1.807, 2.05) is 0 Å². The summed E-state index contributed by atoms with van der Waals surface area (Å²) in [6, 6.07) is 4.78. The zero-order chi connectivity index (χ0) is 21.9. The Morgan fingerprint density at radius 2 is 1.14 bits per heavy atom. The number of hydrogen-bond acceptors (Lipinski definition) is 10. The third-order valence-electron chi connectivity index (χ3n) is 3.90. The van der Waals surface area contributed by atoms with E-state index in [1.165, 1.54) is 0 Å². The lowest BCUT2D eigenvalue weighted by Crippen LogP contribution is -2.18. The van der Waals surface area contributed by atoms with Gasteiger partial charge in [-0.05, 0) is 12.1 Å². The summed E-state index contributed by atoms with van der Waals surface area (Å²) in [6.07, 6.45) is 0. The number of nitro groups is 4. The highest BCUT2D eigenvalue weighted by Crippen LogP contribution is 2.39. The van der Waals surface area contributed by atoms with Crippen LogP contribution in [0.4, 0.5) is 22.7 Å². The third kappa shape index (κ3) is 4.10. The Hall–Kier alpha value is -4.49. The molecule has 0 amide bonds. The fraction of sp³-hybridized carbons (Fsp3) is 0.133. The van der Waals surface area contributed by atoms with Crippen molar-refractivity contribution < 1.29 is 29.2 Å². The van der Waals surface area contributed by atoms with E-state index >= 15 is 0 Å². The van der Waals surface area contributed by atoms with Gasteiger partial charge >= 0.3 is 5.97 Å². The second-order valence-electron chi connectivity index (χ2n) is 5.47. The van der Waals surface area contributed by atoms with Crippen LogP contribution < -0.4 is 0 Å². The van der Waals surface area contributed by atoms with E-state index in [2.05, 4.69) is 4.74 Å². The highest BCUT2D eigenvalue weighted by atomic mass is 16.6. The van der Waals surface area contributed by atoms with Gasteiger partial charge in [0.25, 0.3) is 22.7 Å². The fourth-order valence-electron chi connectivity index (χ4n) is 2.64. The van der Waals surface area contributed by atoms with Crippen molar-refractivity contribution in [3.63, 3.8) is 0 Å². The van der Waals surface area contributed by atoms with Gasteiger partial charge in [0.05, 0.1) is 38.9 Å². The lowest BCUT2D eigenvalue weighted by molar-refractivity contribution is -0.395. The summed E-state index contributed by atoms with van der Waals surface area (Å²) < 4.78 is 4.59. The second-order valence-corrected chi connectivity index (χ2v) is 5.47. The van der Waals surface area contributed by atoms with E-state index in [1.54, 1.807) is 0 Å². The lowest BCUT2D eigenvalue weighted by Gasteiger charge is -2.15. The molecule has 2 aromatic rings. The number of esters is 1. The highest BCUT2D eigenvalue weighted by molar-refractivity contribution is 5.85. The van der Waals surface area contributed by atoms with E-state index < -0.39 is 65.5 Å². The number of hydrogen-bond donors (Lipinski definition) is 0. The summed E-state index contributed by atoms with van der Waals surface area (Å²) in [4.78, 5) is 53.2. The van der Waals surface area contributed by atoms with Crippen molar-refractivity contribution in [3.8, 4) is 0 Å². The first kappa shape index (κ1) is 20.8. The van der Waals surface area contributed by atoms with Crippen molar-refractivity contribution in [2.24, 2.45) is 0 Å². The van der Waals surface area contributed by atoms with Crippen molar-refractivity contribution in [2.75, 3.05) is 7.11 Å². The van der Waals surface area contributed by atoms with Gasteiger partial charge in [-0.15, -0.1) is 0 Å². The maximum Gasteiger partial charge on any atom is 0.318 e. The topological polar surface area (TPSA) is 199 Å². The van der Waals surface area contributed by atoms with Crippen LogP contribution in [0.15, 0.2) is 36.4 Å². The van der Waals surface area contributed by atoms with E-state index in [0.717, 1.165) is 31.4 Å². The smallest absolute Gasteiger partial charge is 0.318 e. The first-order valence-corrected chi connectivity index (χ1v) is 7.51. The van der Waals surface area contributed by atoms with Crippen LogP contribution in [0, 0.1) is 40.5 Å². The molecule has 0 spiro atoms. The van der Waals surface area contributed by atoms with Crippen LogP contribution in [-0.2, 0) is 9.53 Å². The van der Waals surface area contributed by atoms with Gasteiger partial charge in [-0.1, -0.05) is 0 Å². The minimum absolute atomic E-state index is 0.413. The Balaban J connectivity index is 2.83. The molecule has 0 radical (unpaired) electrons. The summed E-state index contributed by atoms with van der Waals surface area (Å²) in [7, 11) is 0.934. The second kappa shape index (κ2) is 8.03. The number of ether oxygens (including phenoxy) is 1. The molecule has 2 aromatic carbocycles. The molecular weight excluding hydrogens is 396 g/mol. The van der Waals surface area contributed by atoms with Gasteiger partial charge in [-0.3, -0.25) is 45.3 Å². The zero-order valence-electron chi connectivity index (χ0n) is 14.4. The number of carbonyl (C=O) groups is 1. The molecule has 0 saturated heterocycles. The van der Waals surface area contributed by atoms with Gasteiger partial charge in [0.2, 0.25) is 0 Å². The minimum Gasteiger partial charge on any atom is -0.468 e. The molecule has 0 aliphatic carbocycles. The monoisotopic (exact) mass is 406 g/mol. The molecule has 0 aliphatic rings. The highest BCUT2D eigenvalue weighted by Gasteiger charge is 2.37. The average Bonchev–Trinajstić information content (AvgIpc) is 2.67. The van der Waals surface area contributed by atoms with Crippen molar-refractivity contribution >= 4 is 28.7 Å². The van der Waals surface area contributed by atoms with Gasteiger partial charge < -0.3 is 4.74 Å². The van der Waals surface area contributed by atoms with Crippen LogP contribution in [0.5, 0.6) is 0 Å². The molecule has 0 bridgehead atoms. The Morgan fingerprint density at radius 1 is 0.759 bits per heavy atom. The maximum absolute atomic E-state index is 12.4.